The summed E-state index contributed by atoms with van der Waals surface area (Å²) in [7, 11) is 0. The van der Waals surface area contributed by atoms with E-state index in [1.165, 1.54) is 14.0 Å². The van der Waals surface area contributed by atoms with Gasteiger partial charge in [-0.1, -0.05) is 71.2 Å². The molecule has 3 aliphatic heterocycles. The molecule has 0 saturated carbocycles. The number of nitrogens with two attached hydrogens (primary N) is 3. The number of rotatable bonds is 3. The monoisotopic (exact) mass is 1040 g/mol. The number of aryl methyl sites for hydroxylation is 2. The molecule has 72 heavy (non-hydrogen) atoms. The van der Waals surface area contributed by atoms with Gasteiger partial charge in [0.05, 0.1) is 85.3 Å². The van der Waals surface area contributed by atoms with E-state index < -0.39 is 18.3 Å². The van der Waals surface area contributed by atoms with Gasteiger partial charge in [0.25, 0.3) is 17.7 Å². The molecular formula is C51H57Cl3N12O6. The van der Waals surface area contributed by atoms with Crippen molar-refractivity contribution >= 4 is 87.0 Å². The largest absolute Gasteiger partial charge is 0.393 e. The molecule has 6 aromatic rings. The third-order valence-electron chi connectivity index (χ3n) is 14.8. The Kier molecular flexibility index (Phi) is 14.0. The van der Waals surface area contributed by atoms with Crippen LogP contribution >= 0.6 is 34.8 Å². The summed E-state index contributed by atoms with van der Waals surface area (Å²) in [6, 6.07) is 16.8. The van der Waals surface area contributed by atoms with Crippen LogP contribution in [0.1, 0.15) is 121 Å². The number of hydrogen-bond donors (Lipinski definition) is 9. The smallest absolute Gasteiger partial charge is 0.256 e. The number of nitrogens with one attached hydrogen (secondary N) is 3. The number of nitrogen functional groups attached to an aromatic ring is 3. The molecule has 0 bridgehead atoms. The maximum atomic E-state index is 13.2. The Morgan fingerprint density at radius 1 is 0.500 bits per heavy atom. The summed E-state index contributed by atoms with van der Waals surface area (Å²) in [6.45, 7) is 2.03. The number of carbonyl (C=O) groups is 3. The minimum Gasteiger partial charge on any atom is -0.393 e. The Morgan fingerprint density at radius 2 is 0.861 bits per heavy atom. The molecule has 378 valence electrons. The quantitative estimate of drug-likeness (QED) is 0.0900. The van der Waals surface area contributed by atoms with Crippen LogP contribution in [0.3, 0.4) is 0 Å². The lowest BCUT2D eigenvalue weighted by atomic mass is 9.89. The Bertz CT molecular complexity index is 2960. The van der Waals surface area contributed by atoms with Crippen molar-refractivity contribution in [2.24, 2.45) is 0 Å². The van der Waals surface area contributed by atoms with Crippen LogP contribution in [0.5, 0.6) is 0 Å². The van der Waals surface area contributed by atoms with Crippen molar-refractivity contribution in [2.75, 3.05) is 52.8 Å². The van der Waals surface area contributed by atoms with Crippen LogP contribution in [-0.4, -0.2) is 100 Å². The van der Waals surface area contributed by atoms with Gasteiger partial charge in [-0.15, -0.1) is 5.10 Å². The number of fused-ring (bicyclic) bond motifs is 6. The van der Waals surface area contributed by atoms with Crippen molar-refractivity contribution in [1.82, 2.24) is 29.3 Å². The van der Waals surface area contributed by atoms with Crippen LogP contribution in [0.15, 0.2) is 54.6 Å². The van der Waals surface area contributed by atoms with E-state index in [9.17, 15) is 29.7 Å². The van der Waals surface area contributed by atoms with E-state index in [-0.39, 0.29) is 35.5 Å². The van der Waals surface area contributed by atoms with Gasteiger partial charge in [-0.2, -0.15) is 19.6 Å². The summed E-state index contributed by atoms with van der Waals surface area (Å²) >= 11 is 18.7. The van der Waals surface area contributed by atoms with E-state index in [1.807, 2.05) is 54.6 Å². The summed E-state index contributed by atoms with van der Waals surface area (Å²) in [6.07, 6.45) is 6.01. The highest BCUT2D eigenvalue weighted by Crippen LogP contribution is 2.41. The molecule has 12 rings (SSSR count). The Labute approximate surface area is 430 Å². The average molecular weight is 1040 g/mol. The molecule has 6 atom stereocenters. The van der Waals surface area contributed by atoms with Crippen molar-refractivity contribution in [1.29, 1.82) is 0 Å². The maximum Gasteiger partial charge on any atom is 0.256 e. The van der Waals surface area contributed by atoms with Crippen LogP contribution < -0.4 is 33.2 Å². The van der Waals surface area contributed by atoms with Gasteiger partial charge in [-0.3, -0.25) is 14.4 Å². The van der Waals surface area contributed by atoms with Crippen molar-refractivity contribution in [3.63, 3.8) is 0 Å². The summed E-state index contributed by atoms with van der Waals surface area (Å²) in [5.41, 5.74) is 28.4. The van der Waals surface area contributed by atoms with Gasteiger partial charge in [-0.05, 0) is 92.7 Å². The van der Waals surface area contributed by atoms with Gasteiger partial charge in [0, 0.05) is 55.6 Å². The predicted molar refractivity (Wildman–Crippen MR) is 278 cm³/mol. The first-order chi connectivity index (χ1) is 34.7. The maximum absolute atomic E-state index is 13.2. The zero-order valence-corrected chi connectivity index (χ0v) is 41.7. The van der Waals surface area contributed by atoms with E-state index in [4.69, 9.17) is 52.0 Å². The van der Waals surface area contributed by atoms with Crippen LogP contribution in [0, 0.1) is 0 Å². The number of aliphatic hydroxyl groups is 3. The van der Waals surface area contributed by atoms with Crippen LogP contribution in [0.4, 0.5) is 34.5 Å². The molecule has 0 fully saturated rings. The third kappa shape index (κ3) is 9.28. The van der Waals surface area contributed by atoms with E-state index >= 15 is 0 Å². The van der Waals surface area contributed by atoms with Crippen molar-refractivity contribution < 1.29 is 29.7 Å². The number of hydrogen-bond acceptors (Lipinski definition) is 15. The molecule has 3 aromatic carbocycles. The lowest BCUT2D eigenvalue weighted by Crippen LogP contribution is -2.30. The average Bonchev–Trinajstić information content (AvgIpc) is 4.02. The molecule has 0 saturated heterocycles. The summed E-state index contributed by atoms with van der Waals surface area (Å²) in [5, 5.41) is 54.3. The molecular weight excluding hydrogens is 983 g/mol. The zero-order chi connectivity index (χ0) is 50.5. The normalized spacial score (nSPS) is 22.4. The summed E-state index contributed by atoms with van der Waals surface area (Å²) in [4.78, 5) is 39.3. The van der Waals surface area contributed by atoms with Crippen LogP contribution in [0.2, 0.25) is 15.1 Å². The first-order valence-corrected chi connectivity index (χ1v) is 25.6. The minimum absolute atomic E-state index is 0.0793. The highest BCUT2D eigenvalue weighted by Gasteiger charge is 2.36. The van der Waals surface area contributed by atoms with Gasteiger partial charge in [0.2, 0.25) is 0 Å². The molecule has 1 unspecified atom stereocenters. The second kappa shape index (κ2) is 20.4. The van der Waals surface area contributed by atoms with E-state index in [0.717, 1.165) is 67.5 Å². The van der Waals surface area contributed by atoms with Gasteiger partial charge in [0.15, 0.2) is 0 Å². The molecule has 6 aliphatic rings. The minimum atomic E-state index is -0.411. The molecule has 0 amide bonds. The molecule has 3 aliphatic carbocycles. The fraction of sp³-hybridized carbons (Fsp3) is 0.412. The lowest BCUT2D eigenvalue weighted by Gasteiger charge is -2.27. The number of benzene rings is 3. The third-order valence-corrected chi connectivity index (χ3v) is 15.7. The van der Waals surface area contributed by atoms with Gasteiger partial charge in [0.1, 0.15) is 17.5 Å². The highest BCUT2D eigenvalue weighted by molar-refractivity contribution is 6.34. The van der Waals surface area contributed by atoms with Gasteiger partial charge < -0.3 is 48.5 Å². The van der Waals surface area contributed by atoms with Crippen LogP contribution in [-0.2, 0) is 38.5 Å². The Hall–Kier alpha value is -6.15. The standard InChI is InChI=1S/3C17H19ClN4O2/c18-13-3-1-2-10-11(6-7-20-15(10)13)17(24)22-14-5-4-9(23)8-12(14)16(19)21-22;2*18-13-3-1-2-10-11(6-7-20-15(10)13)17(24)22-16(19)12-8-9(23)4-5-14(12)21-22/h1-3,9,11,20,23H,4-8H2,(H2,19,21);2*1-3,9,11,20,23H,4-8,19H2/t9-,11?;9-,11+;9-,11-/m111/s1. The fourth-order valence-corrected chi connectivity index (χ4v) is 11.8. The van der Waals surface area contributed by atoms with Gasteiger partial charge >= 0.3 is 0 Å². The molecule has 0 spiro atoms. The number of nitrogens with zero attached hydrogens (tertiary/aromatic N) is 6. The first-order valence-electron chi connectivity index (χ1n) is 24.5. The van der Waals surface area contributed by atoms with Crippen molar-refractivity contribution in [2.45, 2.75) is 113 Å². The van der Waals surface area contributed by atoms with Gasteiger partial charge in [-0.25, -0.2) is 4.68 Å². The number of aromatic nitrogens is 6. The van der Waals surface area contributed by atoms with Crippen LogP contribution in [0.25, 0.3) is 0 Å². The number of aliphatic hydroxyl groups excluding tert-OH is 3. The van der Waals surface area contributed by atoms with Crippen molar-refractivity contribution in [3.05, 3.63) is 120 Å². The summed E-state index contributed by atoms with van der Waals surface area (Å²) < 4.78 is 4.10. The molecule has 12 N–H and O–H groups in total. The van der Waals surface area contributed by atoms with E-state index in [0.29, 0.717) is 129 Å². The molecule has 0 radical (unpaired) electrons. The second-order valence-corrected chi connectivity index (χ2v) is 20.5. The van der Waals surface area contributed by atoms with Crippen molar-refractivity contribution in [3.8, 4) is 0 Å². The zero-order valence-electron chi connectivity index (χ0n) is 39.4. The summed E-state index contributed by atoms with van der Waals surface area (Å²) in [5.74, 6) is -0.242. The number of halogens is 3. The SMILES string of the molecule is Nc1c2c(nn1C(=O)[C@@H]1CCNc3c(Cl)cccc31)CC[C@@H](O)C2.Nc1c2c(nn1C(=O)[C@H]1CCNc3c(Cl)cccc31)CC[C@@H](O)C2.Nc1nn(C(=O)C2CCNc3c(Cl)cccc32)c2c1C[C@H](O)CC2. The number of anilines is 6. The first kappa shape index (κ1) is 49.4. The number of para-hydroxylation sites is 3. The predicted octanol–water partition coefficient (Wildman–Crippen LogP) is 6.62. The van der Waals surface area contributed by atoms with E-state index in [1.54, 1.807) is 0 Å². The topological polar surface area (TPSA) is 280 Å². The molecule has 21 heteroatoms. The number of carbonyl (C=O) groups excluding carboxylic acids is 3. The fourth-order valence-electron chi connectivity index (χ4n) is 11.0. The molecule has 18 nitrogen and oxygen atoms in total. The lowest BCUT2D eigenvalue weighted by molar-refractivity contribution is 0.0844. The molecule has 6 heterocycles. The Balaban J connectivity index is 0.000000124. The molecule has 3 aromatic heterocycles. The Morgan fingerprint density at radius 3 is 1.26 bits per heavy atom. The highest BCUT2D eigenvalue weighted by atomic mass is 35.5. The second-order valence-electron chi connectivity index (χ2n) is 19.3. The van der Waals surface area contributed by atoms with E-state index in [2.05, 4.69) is 31.2 Å².